The van der Waals surface area contributed by atoms with E-state index < -0.39 is 0 Å². The summed E-state index contributed by atoms with van der Waals surface area (Å²) in [6.07, 6.45) is 4.31. The molecule has 0 saturated carbocycles. The molecule has 0 saturated heterocycles. The van der Waals surface area contributed by atoms with Crippen molar-refractivity contribution >= 4 is 10.9 Å². The molecule has 0 aliphatic rings. The van der Waals surface area contributed by atoms with Crippen LogP contribution in [0.5, 0.6) is 0 Å². The number of likely N-dealkylation sites (N-methyl/N-ethyl adjacent to an activating group) is 1. The van der Waals surface area contributed by atoms with Crippen molar-refractivity contribution in [2.24, 2.45) is 0 Å². The van der Waals surface area contributed by atoms with Crippen molar-refractivity contribution < 1.29 is 0 Å². The summed E-state index contributed by atoms with van der Waals surface area (Å²) >= 11 is 0. The lowest BCUT2D eigenvalue weighted by molar-refractivity contribution is 0.410. The molecule has 17 heavy (non-hydrogen) atoms. The molecule has 0 radical (unpaired) electrons. The van der Waals surface area contributed by atoms with Crippen molar-refractivity contribution in [1.29, 1.82) is 0 Å². The lowest BCUT2D eigenvalue weighted by atomic mass is 10.1. The molecule has 0 spiro atoms. The van der Waals surface area contributed by atoms with Crippen molar-refractivity contribution in [3.05, 3.63) is 30.5 Å². The van der Waals surface area contributed by atoms with Crippen LogP contribution < -0.4 is 5.32 Å². The predicted molar refractivity (Wildman–Crippen MR) is 72.2 cm³/mol. The summed E-state index contributed by atoms with van der Waals surface area (Å²) < 4.78 is 2.17. The first kappa shape index (κ1) is 12.1. The van der Waals surface area contributed by atoms with E-state index in [9.17, 15) is 0 Å². The summed E-state index contributed by atoms with van der Waals surface area (Å²) in [4.78, 5) is 0. The Hall–Kier alpha value is -1.35. The molecule has 1 aromatic heterocycles. The fraction of sp³-hybridized carbons (Fsp3) is 0.500. The van der Waals surface area contributed by atoms with Gasteiger partial charge >= 0.3 is 0 Å². The highest BCUT2D eigenvalue weighted by atomic mass is 15.3. The van der Waals surface area contributed by atoms with Gasteiger partial charge in [0.25, 0.3) is 0 Å². The van der Waals surface area contributed by atoms with E-state index >= 15 is 0 Å². The minimum absolute atomic E-state index is 0.458. The second-order valence-electron chi connectivity index (χ2n) is 4.40. The molecule has 1 atom stereocenters. The Morgan fingerprint density at radius 3 is 2.88 bits per heavy atom. The molecule has 1 N–H and O–H groups in total. The minimum atomic E-state index is 0.458. The lowest BCUT2D eigenvalue weighted by Crippen LogP contribution is -2.25. The molecular formula is C14H21N3. The van der Waals surface area contributed by atoms with Gasteiger partial charge in [0.2, 0.25) is 0 Å². The third kappa shape index (κ3) is 2.67. The highest BCUT2D eigenvalue weighted by Gasteiger charge is 2.12. The SMILES string of the molecule is CCCC(CNCC)n1ncc2ccccc21. The Kier molecular flexibility index (Phi) is 4.15. The number of nitrogens with zero attached hydrogens (tertiary/aromatic N) is 2. The van der Waals surface area contributed by atoms with Gasteiger partial charge in [-0.1, -0.05) is 38.5 Å². The van der Waals surface area contributed by atoms with Crippen LogP contribution in [-0.4, -0.2) is 22.9 Å². The number of rotatable bonds is 6. The van der Waals surface area contributed by atoms with Gasteiger partial charge in [0, 0.05) is 11.9 Å². The maximum absolute atomic E-state index is 4.54. The van der Waals surface area contributed by atoms with Gasteiger partial charge in [-0.3, -0.25) is 4.68 Å². The summed E-state index contributed by atoms with van der Waals surface area (Å²) in [5, 5.41) is 9.20. The molecule has 1 unspecified atom stereocenters. The third-order valence-corrected chi connectivity index (χ3v) is 3.10. The Morgan fingerprint density at radius 1 is 1.29 bits per heavy atom. The summed E-state index contributed by atoms with van der Waals surface area (Å²) in [6, 6.07) is 8.87. The van der Waals surface area contributed by atoms with Crippen LogP contribution in [0.15, 0.2) is 30.5 Å². The normalized spacial score (nSPS) is 13.1. The topological polar surface area (TPSA) is 29.9 Å². The average molecular weight is 231 g/mol. The molecule has 1 aromatic carbocycles. The standard InChI is InChI=1S/C14H21N3/c1-3-7-13(11-15-4-2)17-14-9-6-5-8-12(14)10-16-17/h5-6,8-10,13,15H,3-4,7,11H2,1-2H3. The van der Waals surface area contributed by atoms with Gasteiger partial charge in [0.15, 0.2) is 0 Å². The molecule has 0 aliphatic carbocycles. The summed E-state index contributed by atoms with van der Waals surface area (Å²) in [7, 11) is 0. The molecule has 3 heteroatoms. The minimum Gasteiger partial charge on any atom is -0.315 e. The quantitative estimate of drug-likeness (QED) is 0.828. The Balaban J connectivity index is 2.27. The van der Waals surface area contributed by atoms with Gasteiger partial charge in [-0.25, -0.2) is 0 Å². The number of hydrogen-bond acceptors (Lipinski definition) is 2. The molecule has 3 nitrogen and oxygen atoms in total. The fourth-order valence-corrected chi connectivity index (χ4v) is 2.24. The third-order valence-electron chi connectivity index (χ3n) is 3.10. The number of fused-ring (bicyclic) bond motifs is 1. The van der Waals surface area contributed by atoms with Crippen LogP contribution in [-0.2, 0) is 0 Å². The zero-order valence-corrected chi connectivity index (χ0v) is 10.7. The van der Waals surface area contributed by atoms with Crippen LogP contribution in [0.3, 0.4) is 0 Å². The zero-order valence-electron chi connectivity index (χ0n) is 10.7. The van der Waals surface area contributed by atoms with Crippen molar-refractivity contribution in [1.82, 2.24) is 15.1 Å². The number of hydrogen-bond donors (Lipinski definition) is 1. The molecule has 92 valence electrons. The van der Waals surface area contributed by atoms with Crippen LogP contribution in [0.2, 0.25) is 0 Å². The highest BCUT2D eigenvalue weighted by Crippen LogP contribution is 2.20. The lowest BCUT2D eigenvalue weighted by Gasteiger charge is -2.18. The smallest absolute Gasteiger partial charge is 0.0686 e. The summed E-state index contributed by atoms with van der Waals surface area (Å²) in [5.41, 5.74) is 1.24. The number of nitrogens with one attached hydrogen (secondary N) is 1. The first-order valence-electron chi connectivity index (χ1n) is 6.49. The first-order chi connectivity index (χ1) is 8.36. The maximum atomic E-state index is 4.54. The van der Waals surface area contributed by atoms with Gasteiger partial charge < -0.3 is 5.32 Å². The van der Waals surface area contributed by atoms with E-state index in [2.05, 4.69) is 53.2 Å². The summed E-state index contributed by atoms with van der Waals surface area (Å²) in [6.45, 7) is 6.38. The Labute approximate surface area is 103 Å². The van der Waals surface area contributed by atoms with Crippen molar-refractivity contribution in [3.8, 4) is 0 Å². The van der Waals surface area contributed by atoms with E-state index in [1.165, 1.54) is 23.7 Å². The van der Waals surface area contributed by atoms with Gasteiger partial charge in [0.1, 0.15) is 0 Å². The van der Waals surface area contributed by atoms with E-state index in [1.54, 1.807) is 0 Å². The second-order valence-corrected chi connectivity index (χ2v) is 4.40. The molecular weight excluding hydrogens is 210 g/mol. The monoisotopic (exact) mass is 231 g/mol. The number of aromatic nitrogens is 2. The zero-order chi connectivity index (χ0) is 12.1. The average Bonchev–Trinajstić information content (AvgIpc) is 2.78. The molecule has 2 aromatic rings. The Bertz CT molecular complexity index is 461. The van der Waals surface area contributed by atoms with E-state index in [1.807, 2.05) is 6.20 Å². The molecule has 0 aliphatic heterocycles. The van der Waals surface area contributed by atoms with Crippen molar-refractivity contribution in [3.63, 3.8) is 0 Å². The second kappa shape index (κ2) is 5.82. The van der Waals surface area contributed by atoms with Gasteiger partial charge in [-0.05, 0) is 19.0 Å². The molecule has 1 heterocycles. The van der Waals surface area contributed by atoms with E-state index in [0.29, 0.717) is 6.04 Å². The van der Waals surface area contributed by atoms with Gasteiger partial charge in [-0.2, -0.15) is 5.10 Å². The first-order valence-corrected chi connectivity index (χ1v) is 6.49. The summed E-state index contributed by atoms with van der Waals surface area (Å²) in [5.74, 6) is 0. The van der Waals surface area contributed by atoms with Crippen molar-refractivity contribution in [2.75, 3.05) is 13.1 Å². The van der Waals surface area contributed by atoms with Crippen molar-refractivity contribution in [2.45, 2.75) is 32.7 Å². The molecule has 0 amide bonds. The van der Waals surface area contributed by atoms with Crippen LogP contribution in [0, 0.1) is 0 Å². The van der Waals surface area contributed by atoms with Crippen LogP contribution in [0.4, 0.5) is 0 Å². The van der Waals surface area contributed by atoms with E-state index in [-0.39, 0.29) is 0 Å². The van der Waals surface area contributed by atoms with Gasteiger partial charge in [0.05, 0.1) is 17.8 Å². The predicted octanol–water partition coefficient (Wildman–Crippen LogP) is 2.99. The van der Waals surface area contributed by atoms with Crippen LogP contribution >= 0.6 is 0 Å². The van der Waals surface area contributed by atoms with Crippen LogP contribution in [0.1, 0.15) is 32.7 Å². The van der Waals surface area contributed by atoms with Gasteiger partial charge in [-0.15, -0.1) is 0 Å². The molecule has 2 rings (SSSR count). The molecule has 0 bridgehead atoms. The fourth-order valence-electron chi connectivity index (χ4n) is 2.24. The van der Waals surface area contributed by atoms with E-state index in [0.717, 1.165) is 13.1 Å². The van der Waals surface area contributed by atoms with Crippen LogP contribution in [0.25, 0.3) is 10.9 Å². The van der Waals surface area contributed by atoms with E-state index in [4.69, 9.17) is 0 Å². The number of para-hydroxylation sites is 1. The largest absolute Gasteiger partial charge is 0.315 e. The Morgan fingerprint density at radius 2 is 2.12 bits per heavy atom. The highest BCUT2D eigenvalue weighted by molar-refractivity contribution is 5.78. The molecule has 0 fully saturated rings. The maximum Gasteiger partial charge on any atom is 0.0686 e. The number of benzene rings is 1.